The monoisotopic (exact) mass is 231 g/mol. The summed E-state index contributed by atoms with van der Waals surface area (Å²) in [6, 6.07) is 10.3. The predicted molar refractivity (Wildman–Crippen MR) is 69.8 cm³/mol. The van der Waals surface area contributed by atoms with Gasteiger partial charge in [0.25, 0.3) is 0 Å². The second-order valence-electron chi connectivity index (χ2n) is 5.81. The van der Waals surface area contributed by atoms with Crippen molar-refractivity contribution >= 4 is 5.78 Å². The molecule has 0 saturated heterocycles. The Hall–Kier alpha value is -1.15. The number of ketones is 1. The lowest BCUT2D eigenvalue weighted by molar-refractivity contribution is -0.120. The van der Waals surface area contributed by atoms with Crippen LogP contribution < -0.4 is 5.73 Å². The summed E-state index contributed by atoms with van der Waals surface area (Å²) in [5, 5.41) is 0. The van der Waals surface area contributed by atoms with Crippen LogP contribution in [0, 0.1) is 5.92 Å². The highest BCUT2D eigenvalue weighted by Gasteiger charge is 2.43. The lowest BCUT2D eigenvalue weighted by atomic mass is 9.96. The van der Waals surface area contributed by atoms with E-state index in [4.69, 9.17) is 5.73 Å². The molecule has 0 aliphatic heterocycles. The molecule has 0 amide bonds. The predicted octanol–water partition coefficient (Wildman–Crippen LogP) is 2.88. The fraction of sp³-hybridized carbons (Fsp3) is 0.533. The molecule has 0 bridgehead atoms. The van der Waals surface area contributed by atoms with E-state index in [9.17, 15) is 4.79 Å². The second-order valence-corrected chi connectivity index (χ2v) is 5.81. The topological polar surface area (TPSA) is 43.1 Å². The molecule has 2 nitrogen and oxygen atoms in total. The Bertz CT molecular complexity index is 391. The first-order valence-corrected chi connectivity index (χ1v) is 6.34. The second kappa shape index (κ2) is 4.61. The molecule has 0 heterocycles. The molecule has 0 aromatic heterocycles. The van der Waals surface area contributed by atoms with E-state index in [1.165, 1.54) is 5.56 Å². The van der Waals surface area contributed by atoms with E-state index in [0.29, 0.717) is 18.1 Å². The zero-order chi connectivity index (χ0) is 12.5. The highest BCUT2D eigenvalue weighted by Crippen LogP contribution is 2.48. The Morgan fingerprint density at radius 1 is 1.35 bits per heavy atom. The number of carbonyl (C=O) groups is 1. The van der Waals surface area contributed by atoms with Gasteiger partial charge < -0.3 is 5.73 Å². The van der Waals surface area contributed by atoms with Crippen molar-refractivity contribution in [1.29, 1.82) is 0 Å². The van der Waals surface area contributed by atoms with Crippen LogP contribution in [0.15, 0.2) is 30.3 Å². The Labute approximate surface area is 103 Å². The molecule has 2 unspecified atom stereocenters. The highest BCUT2D eigenvalue weighted by molar-refractivity contribution is 5.85. The van der Waals surface area contributed by atoms with Crippen molar-refractivity contribution in [3.8, 4) is 0 Å². The number of rotatable bonds is 5. The lowest BCUT2D eigenvalue weighted by Crippen LogP contribution is -2.32. The quantitative estimate of drug-likeness (QED) is 0.846. The molecule has 1 aliphatic carbocycles. The Morgan fingerprint density at radius 3 is 2.59 bits per heavy atom. The smallest absolute Gasteiger partial charge is 0.136 e. The summed E-state index contributed by atoms with van der Waals surface area (Å²) in [6.07, 6.45) is 2.43. The minimum Gasteiger partial charge on any atom is -0.326 e. The third-order valence-corrected chi connectivity index (χ3v) is 3.45. The van der Waals surface area contributed by atoms with Gasteiger partial charge in [-0.3, -0.25) is 4.79 Å². The van der Waals surface area contributed by atoms with Gasteiger partial charge in [-0.05, 0) is 38.2 Å². The van der Waals surface area contributed by atoms with Crippen LogP contribution in [0.2, 0.25) is 0 Å². The average Bonchev–Trinajstić information content (AvgIpc) is 3.06. The van der Waals surface area contributed by atoms with Crippen molar-refractivity contribution in [3.05, 3.63) is 35.9 Å². The van der Waals surface area contributed by atoms with Crippen LogP contribution in [0.5, 0.6) is 0 Å². The molecule has 2 rings (SSSR count). The molecule has 1 saturated carbocycles. The molecule has 92 valence electrons. The van der Waals surface area contributed by atoms with Crippen LogP contribution in [0.3, 0.4) is 0 Å². The van der Waals surface area contributed by atoms with E-state index in [2.05, 4.69) is 12.1 Å². The third-order valence-electron chi connectivity index (χ3n) is 3.45. The van der Waals surface area contributed by atoms with Gasteiger partial charge in [-0.25, -0.2) is 0 Å². The number of benzene rings is 1. The molecule has 1 fully saturated rings. The Morgan fingerprint density at radius 2 is 2.00 bits per heavy atom. The van der Waals surface area contributed by atoms with Crippen molar-refractivity contribution < 1.29 is 4.79 Å². The number of hydrogen-bond donors (Lipinski definition) is 1. The van der Waals surface area contributed by atoms with Gasteiger partial charge >= 0.3 is 0 Å². The van der Waals surface area contributed by atoms with Crippen molar-refractivity contribution in [2.24, 2.45) is 11.7 Å². The van der Waals surface area contributed by atoms with E-state index in [1.807, 2.05) is 32.0 Å². The summed E-state index contributed by atoms with van der Waals surface area (Å²) in [6.45, 7) is 3.95. The molecular weight excluding hydrogens is 210 g/mol. The van der Waals surface area contributed by atoms with Crippen LogP contribution in [0.25, 0.3) is 0 Å². The maximum absolute atomic E-state index is 12.0. The van der Waals surface area contributed by atoms with E-state index < -0.39 is 0 Å². The molecule has 0 radical (unpaired) electrons. The molecule has 2 heteroatoms. The molecule has 2 N–H and O–H groups in total. The van der Waals surface area contributed by atoms with Crippen molar-refractivity contribution in [3.63, 3.8) is 0 Å². The summed E-state index contributed by atoms with van der Waals surface area (Å²) in [5.74, 6) is 1.10. The fourth-order valence-corrected chi connectivity index (χ4v) is 2.25. The first-order chi connectivity index (χ1) is 7.97. The maximum Gasteiger partial charge on any atom is 0.136 e. The van der Waals surface area contributed by atoms with Crippen LogP contribution in [-0.2, 0) is 4.79 Å². The van der Waals surface area contributed by atoms with E-state index >= 15 is 0 Å². The number of carbonyl (C=O) groups excluding carboxylic acids is 1. The number of Topliss-reactive ketones (excluding diaryl/α,β-unsaturated/α-hetero) is 1. The maximum atomic E-state index is 12.0. The van der Waals surface area contributed by atoms with Gasteiger partial charge in [0, 0.05) is 17.9 Å². The summed E-state index contributed by atoms with van der Waals surface area (Å²) in [7, 11) is 0. The minimum atomic E-state index is -0.229. The first-order valence-electron chi connectivity index (χ1n) is 6.34. The molecule has 1 aromatic carbocycles. The summed E-state index contributed by atoms with van der Waals surface area (Å²) in [5.41, 5.74) is 6.97. The zero-order valence-electron chi connectivity index (χ0n) is 10.6. The van der Waals surface area contributed by atoms with E-state index in [1.54, 1.807) is 0 Å². The number of nitrogens with two attached hydrogens (primary N) is 1. The normalized spacial score (nSPS) is 23.5. The van der Waals surface area contributed by atoms with Gasteiger partial charge in [0.1, 0.15) is 5.78 Å². The summed E-state index contributed by atoms with van der Waals surface area (Å²) in [4.78, 5) is 12.0. The van der Waals surface area contributed by atoms with Gasteiger partial charge in [-0.1, -0.05) is 30.3 Å². The van der Waals surface area contributed by atoms with Crippen LogP contribution >= 0.6 is 0 Å². The van der Waals surface area contributed by atoms with Gasteiger partial charge in [0.15, 0.2) is 0 Å². The van der Waals surface area contributed by atoms with E-state index in [-0.39, 0.29) is 11.5 Å². The van der Waals surface area contributed by atoms with Gasteiger partial charge in [-0.2, -0.15) is 0 Å². The number of hydrogen-bond acceptors (Lipinski definition) is 2. The Balaban J connectivity index is 1.85. The minimum absolute atomic E-state index is 0.229. The SMILES string of the molecule is CC(C)(N)CCC(=O)C1CC1c1ccccc1. The standard InChI is InChI=1S/C15H21NO/c1-15(2,16)9-8-14(17)13-10-12(13)11-6-4-3-5-7-11/h3-7,12-13H,8-10,16H2,1-2H3. The summed E-state index contributed by atoms with van der Waals surface area (Å²) < 4.78 is 0. The largest absolute Gasteiger partial charge is 0.326 e. The van der Waals surface area contributed by atoms with Crippen molar-refractivity contribution in [1.82, 2.24) is 0 Å². The highest BCUT2D eigenvalue weighted by atomic mass is 16.1. The zero-order valence-corrected chi connectivity index (χ0v) is 10.6. The molecular formula is C15H21NO. The molecule has 1 aromatic rings. The fourth-order valence-electron chi connectivity index (χ4n) is 2.25. The van der Waals surface area contributed by atoms with Crippen molar-refractivity contribution in [2.75, 3.05) is 0 Å². The molecule has 0 spiro atoms. The Kier molecular flexibility index (Phi) is 3.34. The average molecular weight is 231 g/mol. The van der Waals surface area contributed by atoms with Gasteiger partial charge in [0.05, 0.1) is 0 Å². The van der Waals surface area contributed by atoms with Crippen molar-refractivity contribution in [2.45, 2.75) is 44.6 Å². The van der Waals surface area contributed by atoms with Gasteiger partial charge in [0.2, 0.25) is 0 Å². The van der Waals surface area contributed by atoms with Crippen LogP contribution in [0.1, 0.15) is 44.6 Å². The molecule has 1 aliphatic rings. The van der Waals surface area contributed by atoms with Gasteiger partial charge in [-0.15, -0.1) is 0 Å². The molecule has 17 heavy (non-hydrogen) atoms. The molecule has 2 atom stereocenters. The first kappa shape index (κ1) is 12.3. The third kappa shape index (κ3) is 3.40. The van der Waals surface area contributed by atoms with Crippen LogP contribution in [0.4, 0.5) is 0 Å². The van der Waals surface area contributed by atoms with Crippen LogP contribution in [-0.4, -0.2) is 11.3 Å². The summed E-state index contributed by atoms with van der Waals surface area (Å²) >= 11 is 0. The van der Waals surface area contributed by atoms with E-state index in [0.717, 1.165) is 12.8 Å². The lowest BCUT2D eigenvalue weighted by Gasteiger charge is -2.17.